The summed E-state index contributed by atoms with van der Waals surface area (Å²) in [7, 11) is 0. The summed E-state index contributed by atoms with van der Waals surface area (Å²) in [4.78, 5) is 12.1. The Hall–Kier alpha value is -1.16. The Morgan fingerprint density at radius 3 is 2.85 bits per heavy atom. The summed E-state index contributed by atoms with van der Waals surface area (Å²) in [5.74, 6) is 3.51. The summed E-state index contributed by atoms with van der Waals surface area (Å²) in [6.07, 6.45) is 5.14. The fourth-order valence-corrected chi connectivity index (χ4v) is 4.11. The van der Waals surface area contributed by atoms with E-state index in [0.29, 0.717) is 5.92 Å². The molecule has 1 aliphatic rings. The molecule has 0 bridgehead atoms. The third-order valence-electron chi connectivity index (χ3n) is 4.36. The Labute approximate surface area is 124 Å². The zero-order valence-electron chi connectivity index (χ0n) is 12.6. The molecule has 0 aliphatic heterocycles. The predicted octanol–water partition coefficient (Wildman–Crippen LogP) is 4.73. The van der Waals surface area contributed by atoms with E-state index in [2.05, 4.69) is 32.2 Å². The van der Waals surface area contributed by atoms with Gasteiger partial charge in [-0.1, -0.05) is 13.3 Å². The fourth-order valence-electron chi connectivity index (χ4n) is 3.22. The van der Waals surface area contributed by atoms with Gasteiger partial charge in [-0.15, -0.1) is 11.3 Å². The van der Waals surface area contributed by atoms with Crippen LogP contribution in [0.5, 0.6) is 0 Å². The Kier molecular flexibility index (Phi) is 3.92. The third kappa shape index (κ3) is 2.53. The van der Waals surface area contributed by atoms with E-state index in [-0.39, 0.29) is 0 Å². The van der Waals surface area contributed by atoms with Crippen molar-refractivity contribution >= 4 is 27.4 Å². The van der Waals surface area contributed by atoms with E-state index in [1.54, 1.807) is 11.3 Å². The molecule has 2 aromatic heterocycles. The normalized spacial score (nSPS) is 22.6. The maximum absolute atomic E-state index is 4.86. The molecule has 1 aliphatic carbocycles. The van der Waals surface area contributed by atoms with E-state index in [1.807, 2.05) is 0 Å². The van der Waals surface area contributed by atoms with Gasteiger partial charge < -0.3 is 5.32 Å². The molecule has 1 N–H and O–H groups in total. The van der Waals surface area contributed by atoms with Crippen LogP contribution in [0.4, 0.5) is 5.82 Å². The number of fused-ring (bicyclic) bond motifs is 1. The fraction of sp³-hybridized carbons (Fsp3) is 0.625. The van der Waals surface area contributed by atoms with Crippen LogP contribution in [-0.4, -0.2) is 16.5 Å². The third-order valence-corrected chi connectivity index (χ3v) is 5.31. The van der Waals surface area contributed by atoms with Crippen LogP contribution in [0.1, 0.15) is 56.2 Å². The highest BCUT2D eigenvalue weighted by molar-refractivity contribution is 7.18. The largest absolute Gasteiger partial charge is 0.370 e. The highest BCUT2D eigenvalue weighted by Gasteiger charge is 2.27. The minimum atomic E-state index is 0.559. The zero-order chi connectivity index (χ0) is 14.1. The minimum absolute atomic E-state index is 0.559. The Balaban J connectivity index is 1.99. The lowest BCUT2D eigenvalue weighted by Crippen LogP contribution is -2.06. The molecule has 2 unspecified atom stereocenters. The molecule has 0 aromatic carbocycles. The summed E-state index contributed by atoms with van der Waals surface area (Å²) in [6, 6.07) is 2.20. The Morgan fingerprint density at radius 1 is 1.30 bits per heavy atom. The van der Waals surface area contributed by atoms with Crippen LogP contribution in [0.3, 0.4) is 0 Å². The molecular weight excluding hydrogens is 266 g/mol. The molecule has 0 saturated heterocycles. The number of rotatable bonds is 4. The SMILES string of the molecule is CCNc1nc(C2CCC(CC)C2)nc2sc(C)cc12. The number of nitrogens with zero attached hydrogens (tertiary/aromatic N) is 2. The van der Waals surface area contributed by atoms with E-state index in [9.17, 15) is 0 Å². The number of anilines is 1. The molecule has 0 amide bonds. The first-order valence-corrected chi connectivity index (χ1v) is 8.54. The van der Waals surface area contributed by atoms with Crippen molar-refractivity contribution in [2.24, 2.45) is 5.92 Å². The van der Waals surface area contributed by atoms with E-state index in [4.69, 9.17) is 9.97 Å². The predicted molar refractivity (Wildman–Crippen MR) is 86.7 cm³/mol. The van der Waals surface area contributed by atoms with Crippen LogP contribution in [0.25, 0.3) is 10.2 Å². The lowest BCUT2D eigenvalue weighted by atomic mass is 10.0. The van der Waals surface area contributed by atoms with Gasteiger partial charge in [-0.2, -0.15) is 0 Å². The number of thiophene rings is 1. The first-order chi connectivity index (χ1) is 9.71. The highest BCUT2D eigenvalue weighted by atomic mass is 32.1. The van der Waals surface area contributed by atoms with Crippen LogP contribution >= 0.6 is 11.3 Å². The van der Waals surface area contributed by atoms with Gasteiger partial charge >= 0.3 is 0 Å². The smallest absolute Gasteiger partial charge is 0.138 e. The standard InChI is InChI=1S/C16H23N3S/c1-4-11-6-7-12(9-11)14-18-15(17-5-2)13-8-10(3)20-16(13)19-14/h8,11-12H,4-7,9H2,1-3H3,(H,17,18,19). The van der Waals surface area contributed by atoms with E-state index in [1.165, 1.54) is 35.9 Å². The number of hydrogen-bond donors (Lipinski definition) is 1. The van der Waals surface area contributed by atoms with Crippen LogP contribution < -0.4 is 5.32 Å². The second kappa shape index (κ2) is 5.68. The summed E-state index contributed by atoms with van der Waals surface area (Å²) in [5.41, 5.74) is 0. The van der Waals surface area contributed by atoms with Crippen molar-refractivity contribution in [3.63, 3.8) is 0 Å². The Morgan fingerprint density at radius 2 is 2.15 bits per heavy atom. The lowest BCUT2D eigenvalue weighted by Gasteiger charge is -2.12. The van der Waals surface area contributed by atoms with Gasteiger partial charge in [0.05, 0.1) is 5.39 Å². The minimum Gasteiger partial charge on any atom is -0.370 e. The maximum atomic E-state index is 4.86. The summed E-state index contributed by atoms with van der Waals surface area (Å²) >= 11 is 1.78. The molecule has 1 saturated carbocycles. The maximum Gasteiger partial charge on any atom is 0.138 e. The number of aromatic nitrogens is 2. The molecule has 4 heteroatoms. The number of hydrogen-bond acceptors (Lipinski definition) is 4. The van der Waals surface area contributed by atoms with Crippen LogP contribution in [0.15, 0.2) is 6.07 Å². The van der Waals surface area contributed by atoms with E-state index >= 15 is 0 Å². The molecule has 108 valence electrons. The molecule has 2 atom stereocenters. The molecule has 3 rings (SSSR count). The van der Waals surface area contributed by atoms with Crippen molar-refractivity contribution in [1.29, 1.82) is 0 Å². The quantitative estimate of drug-likeness (QED) is 0.884. The van der Waals surface area contributed by atoms with Gasteiger partial charge in [-0.05, 0) is 45.1 Å². The monoisotopic (exact) mass is 289 g/mol. The number of aryl methyl sites for hydroxylation is 1. The lowest BCUT2D eigenvalue weighted by molar-refractivity contribution is 0.517. The van der Waals surface area contributed by atoms with Gasteiger partial charge in [0.15, 0.2) is 0 Å². The van der Waals surface area contributed by atoms with Gasteiger partial charge in [0.2, 0.25) is 0 Å². The first kappa shape index (κ1) is 13.8. The number of nitrogens with one attached hydrogen (secondary N) is 1. The topological polar surface area (TPSA) is 37.8 Å². The molecule has 2 aromatic rings. The molecule has 0 spiro atoms. The summed E-state index contributed by atoms with van der Waals surface area (Å²) in [6.45, 7) is 7.46. The van der Waals surface area contributed by atoms with Crippen molar-refractivity contribution < 1.29 is 0 Å². The van der Waals surface area contributed by atoms with E-state index < -0.39 is 0 Å². The van der Waals surface area contributed by atoms with Crippen molar-refractivity contribution in [3.05, 3.63) is 16.8 Å². The first-order valence-electron chi connectivity index (χ1n) is 7.73. The molecular formula is C16H23N3S. The molecule has 0 radical (unpaired) electrons. The van der Waals surface area contributed by atoms with Crippen molar-refractivity contribution in [2.75, 3.05) is 11.9 Å². The zero-order valence-corrected chi connectivity index (χ0v) is 13.4. The van der Waals surface area contributed by atoms with Crippen molar-refractivity contribution in [2.45, 2.75) is 52.4 Å². The van der Waals surface area contributed by atoms with Crippen LogP contribution in [0.2, 0.25) is 0 Å². The van der Waals surface area contributed by atoms with Crippen molar-refractivity contribution in [1.82, 2.24) is 9.97 Å². The van der Waals surface area contributed by atoms with Gasteiger partial charge in [0.25, 0.3) is 0 Å². The van der Waals surface area contributed by atoms with Gasteiger partial charge in [0, 0.05) is 17.3 Å². The van der Waals surface area contributed by atoms with Gasteiger partial charge in [-0.25, -0.2) is 9.97 Å². The summed E-state index contributed by atoms with van der Waals surface area (Å²) in [5, 5.41) is 4.59. The van der Waals surface area contributed by atoms with E-state index in [0.717, 1.165) is 28.9 Å². The molecule has 2 heterocycles. The Bertz CT molecular complexity index is 605. The van der Waals surface area contributed by atoms with Gasteiger partial charge in [0.1, 0.15) is 16.5 Å². The summed E-state index contributed by atoms with van der Waals surface area (Å²) < 4.78 is 0. The van der Waals surface area contributed by atoms with Crippen LogP contribution in [-0.2, 0) is 0 Å². The van der Waals surface area contributed by atoms with Gasteiger partial charge in [-0.3, -0.25) is 0 Å². The second-order valence-electron chi connectivity index (χ2n) is 5.82. The molecule has 1 fully saturated rings. The van der Waals surface area contributed by atoms with Crippen LogP contribution in [0, 0.1) is 12.8 Å². The second-order valence-corrected chi connectivity index (χ2v) is 7.06. The average molecular weight is 289 g/mol. The molecule has 3 nitrogen and oxygen atoms in total. The highest BCUT2D eigenvalue weighted by Crippen LogP contribution is 2.40. The average Bonchev–Trinajstić information content (AvgIpc) is 3.04. The van der Waals surface area contributed by atoms with Crippen molar-refractivity contribution in [3.8, 4) is 0 Å². The molecule has 20 heavy (non-hydrogen) atoms.